The van der Waals surface area contributed by atoms with Crippen molar-refractivity contribution in [2.45, 2.75) is 12.0 Å². The van der Waals surface area contributed by atoms with Gasteiger partial charge in [0.1, 0.15) is 5.75 Å². The molecule has 2 aliphatic heterocycles. The highest BCUT2D eigenvalue weighted by Crippen LogP contribution is 2.35. The number of benzene rings is 3. The molecule has 0 aromatic heterocycles. The second kappa shape index (κ2) is 8.94. The van der Waals surface area contributed by atoms with Gasteiger partial charge < -0.3 is 15.0 Å². The quantitative estimate of drug-likeness (QED) is 0.538. The number of anilines is 1. The normalized spacial score (nSPS) is 16.4. The summed E-state index contributed by atoms with van der Waals surface area (Å²) in [5.74, 6) is -0.931. The van der Waals surface area contributed by atoms with Crippen LogP contribution in [0.4, 0.5) is 10.5 Å². The molecule has 3 aromatic rings. The first kappa shape index (κ1) is 22.1. The smallest absolute Gasteiger partial charge is 0.344 e. The lowest BCUT2D eigenvalue weighted by atomic mass is 9.83. The Labute approximate surface area is 201 Å². The predicted octanol–water partition coefficient (Wildman–Crippen LogP) is 2.33. The average Bonchev–Trinajstić information content (AvgIpc) is 3.15. The van der Waals surface area contributed by atoms with Crippen molar-refractivity contribution in [2.75, 3.05) is 18.1 Å². The van der Waals surface area contributed by atoms with Crippen molar-refractivity contribution in [3.63, 3.8) is 0 Å². The zero-order valence-corrected chi connectivity index (χ0v) is 18.6. The molecule has 176 valence electrons. The molecule has 0 unspecified atom stereocenters. The van der Waals surface area contributed by atoms with Gasteiger partial charge in [0.15, 0.2) is 12.1 Å². The fourth-order valence-electron chi connectivity index (χ4n) is 4.36. The van der Waals surface area contributed by atoms with Gasteiger partial charge in [-0.15, -0.1) is 0 Å². The maximum Gasteiger partial charge on any atom is 0.344 e. The largest absolute Gasteiger partial charge is 0.482 e. The molecule has 5 amide bonds. The fourth-order valence-corrected chi connectivity index (χ4v) is 4.36. The van der Waals surface area contributed by atoms with Crippen LogP contribution in [0.25, 0.3) is 0 Å². The molecular formula is C26H22N4O5. The van der Waals surface area contributed by atoms with Gasteiger partial charge in [-0.1, -0.05) is 72.8 Å². The number of carbonyl (C=O) groups is 4. The molecule has 1 fully saturated rings. The molecule has 2 aliphatic rings. The number of nitrogens with one attached hydrogen (secondary N) is 2. The molecule has 2 N–H and O–H groups in total. The average molecular weight is 470 g/mol. The summed E-state index contributed by atoms with van der Waals surface area (Å²) in [6.45, 7) is -0.0560. The van der Waals surface area contributed by atoms with E-state index in [1.165, 1.54) is 4.90 Å². The molecule has 5 rings (SSSR count). The lowest BCUT2D eigenvalue weighted by molar-refractivity contribution is -0.138. The number of hydrogen-bond acceptors (Lipinski definition) is 5. The number of amides is 5. The van der Waals surface area contributed by atoms with Crippen LogP contribution < -0.4 is 20.4 Å². The number of para-hydroxylation sites is 2. The number of ether oxygens (including phenoxy) is 1. The minimum Gasteiger partial charge on any atom is -0.482 e. The highest BCUT2D eigenvalue weighted by Gasteiger charge is 2.54. The Balaban J connectivity index is 1.35. The molecule has 0 aliphatic carbocycles. The van der Waals surface area contributed by atoms with E-state index in [-0.39, 0.29) is 25.5 Å². The summed E-state index contributed by atoms with van der Waals surface area (Å²) in [4.78, 5) is 53.1. The first-order chi connectivity index (χ1) is 17.0. The number of hydrazine groups is 1. The number of rotatable bonds is 6. The predicted molar refractivity (Wildman–Crippen MR) is 126 cm³/mol. The van der Waals surface area contributed by atoms with Crippen LogP contribution in [0, 0.1) is 0 Å². The van der Waals surface area contributed by atoms with Crippen LogP contribution in [0.3, 0.4) is 0 Å². The lowest BCUT2D eigenvalue weighted by Gasteiger charge is -2.29. The maximum absolute atomic E-state index is 13.6. The Morgan fingerprint density at radius 3 is 2.14 bits per heavy atom. The van der Waals surface area contributed by atoms with Gasteiger partial charge in [0.25, 0.3) is 11.8 Å². The molecule has 0 atom stereocenters. The minimum absolute atomic E-state index is 0.0667. The Morgan fingerprint density at radius 1 is 0.886 bits per heavy atom. The standard InChI is InChI=1S/C26H22N4O5/c31-22(15-16-29-20-13-7-8-14-21(20)35-17-23(29)32)28-30-24(33)26(27-25(30)34,18-9-3-1-4-10-18)19-11-5-2-6-12-19/h1-14H,15-17H2,(H,27,34)(H,28,31). The van der Waals surface area contributed by atoms with Gasteiger partial charge in [0, 0.05) is 13.0 Å². The second-order valence-corrected chi connectivity index (χ2v) is 8.14. The summed E-state index contributed by atoms with van der Waals surface area (Å²) >= 11 is 0. The molecule has 0 bridgehead atoms. The van der Waals surface area contributed by atoms with Gasteiger partial charge in [-0.2, -0.15) is 5.01 Å². The van der Waals surface area contributed by atoms with Crippen LogP contribution >= 0.6 is 0 Å². The molecule has 0 spiro atoms. The van der Waals surface area contributed by atoms with Crippen molar-refractivity contribution in [3.8, 4) is 5.75 Å². The summed E-state index contributed by atoms with van der Waals surface area (Å²) in [7, 11) is 0. The van der Waals surface area contributed by atoms with Crippen LogP contribution in [0.15, 0.2) is 84.9 Å². The van der Waals surface area contributed by atoms with Crippen LogP contribution in [0.1, 0.15) is 17.5 Å². The summed E-state index contributed by atoms with van der Waals surface area (Å²) in [6.07, 6.45) is -0.124. The van der Waals surface area contributed by atoms with Crippen molar-refractivity contribution in [1.29, 1.82) is 0 Å². The molecule has 35 heavy (non-hydrogen) atoms. The Morgan fingerprint density at radius 2 is 1.49 bits per heavy atom. The third kappa shape index (κ3) is 3.86. The van der Waals surface area contributed by atoms with Gasteiger partial charge in [0.05, 0.1) is 5.69 Å². The number of nitrogens with zero attached hydrogens (tertiary/aromatic N) is 2. The van der Waals surface area contributed by atoms with Gasteiger partial charge in [-0.05, 0) is 23.3 Å². The van der Waals surface area contributed by atoms with E-state index in [2.05, 4.69) is 10.7 Å². The van der Waals surface area contributed by atoms with Crippen molar-refractivity contribution in [1.82, 2.24) is 15.8 Å². The number of carbonyl (C=O) groups excluding carboxylic acids is 4. The molecule has 1 saturated heterocycles. The van der Waals surface area contributed by atoms with E-state index in [1.54, 1.807) is 72.8 Å². The van der Waals surface area contributed by atoms with E-state index in [4.69, 9.17) is 4.74 Å². The minimum atomic E-state index is -1.48. The third-order valence-electron chi connectivity index (χ3n) is 6.04. The van der Waals surface area contributed by atoms with Crippen LogP contribution in [0.2, 0.25) is 0 Å². The molecule has 9 nitrogen and oxygen atoms in total. The Bertz CT molecular complexity index is 1260. The van der Waals surface area contributed by atoms with Gasteiger partial charge >= 0.3 is 6.03 Å². The van der Waals surface area contributed by atoms with E-state index in [0.717, 1.165) is 0 Å². The second-order valence-electron chi connectivity index (χ2n) is 8.14. The molecule has 0 saturated carbocycles. The first-order valence-electron chi connectivity index (χ1n) is 11.1. The molecule has 9 heteroatoms. The van der Waals surface area contributed by atoms with Gasteiger partial charge in [-0.3, -0.25) is 19.8 Å². The highest BCUT2D eigenvalue weighted by molar-refractivity contribution is 6.10. The maximum atomic E-state index is 13.6. The lowest BCUT2D eigenvalue weighted by Crippen LogP contribution is -2.50. The number of imide groups is 1. The molecule has 2 heterocycles. The fraction of sp³-hybridized carbons (Fsp3) is 0.154. The highest BCUT2D eigenvalue weighted by atomic mass is 16.5. The van der Waals surface area contributed by atoms with Gasteiger partial charge in [0.2, 0.25) is 5.91 Å². The zero-order valence-electron chi connectivity index (χ0n) is 18.6. The topological polar surface area (TPSA) is 108 Å². The SMILES string of the molecule is O=C(CCN1C(=O)COc2ccccc21)NN1C(=O)NC(c2ccccc2)(c2ccccc2)C1=O. The van der Waals surface area contributed by atoms with E-state index >= 15 is 0 Å². The van der Waals surface area contributed by atoms with E-state index < -0.39 is 23.4 Å². The number of fused-ring (bicyclic) bond motifs is 1. The van der Waals surface area contributed by atoms with Crippen LogP contribution in [0.5, 0.6) is 5.75 Å². The Hall–Kier alpha value is -4.66. The first-order valence-corrected chi connectivity index (χ1v) is 11.1. The summed E-state index contributed by atoms with van der Waals surface area (Å²) < 4.78 is 5.42. The van der Waals surface area contributed by atoms with Crippen molar-refractivity contribution in [2.24, 2.45) is 0 Å². The zero-order chi connectivity index (χ0) is 24.4. The van der Waals surface area contributed by atoms with Crippen LogP contribution in [-0.4, -0.2) is 41.9 Å². The van der Waals surface area contributed by atoms with Crippen LogP contribution in [-0.2, 0) is 19.9 Å². The van der Waals surface area contributed by atoms with E-state index in [9.17, 15) is 19.2 Å². The summed E-state index contributed by atoms with van der Waals surface area (Å²) in [5.41, 5.74) is 2.64. The van der Waals surface area contributed by atoms with Crippen molar-refractivity contribution in [3.05, 3.63) is 96.1 Å². The summed E-state index contributed by atoms with van der Waals surface area (Å²) in [5, 5.41) is 3.48. The molecule has 0 radical (unpaired) electrons. The number of urea groups is 1. The van der Waals surface area contributed by atoms with Crippen molar-refractivity contribution >= 4 is 29.4 Å². The number of hydrogen-bond donors (Lipinski definition) is 2. The summed E-state index contributed by atoms with van der Waals surface area (Å²) in [6, 6.07) is 24.0. The molecular weight excluding hydrogens is 448 g/mol. The Kier molecular flexibility index (Phi) is 5.66. The van der Waals surface area contributed by atoms with E-state index in [1.807, 2.05) is 12.1 Å². The van der Waals surface area contributed by atoms with Gasteiger partial charge in [-0.25, -0.2) is 4.79 Å². The van der Waals surface area contributed by atoms with Crippen molar-refractivity contribution < 1.29 is 23.9 Å². The van der Waals surface area contributed by atoms with E-state index in [0.29, 0.717) is 27.6 Å². The molecule has 3 aromatic carbocycles. The third-order valence-corrected chi connectivity index (χ3v) is 6.04. The monoisotopic (exact) mass is 470 g/mol.